The third kappa shape index (κ3) is 33.6. The molecule has 0 aromatic rings. The fourth-order valence-electron chi connectivity index (χ4n) is 2.25. The van der Waals surface area contributed by atoms with Crippen LogP contribution >= 0.6 is 7.82 Å². The van der Waals surface area contributed by atoms with Gasteiger partial charge in [-0.05, 0) is 50.9 Å². The van der Waals surface area contributed by atoms with E-state index in [1.54, 1.807) is 13.8 Å². The van der Waals surface area contributed by atoms with E-state index >= 15 is 0 Å². The summed E-state index contributed by atoms with van der Waals surface area (Å²) >= 11 is 0. The minimum absolute atomic E-state index is 0. The van der Waals surface area contributed by atoms with Crippen LogP contribution in [0.2, 0.25) is 0 Å². The van der Waals surface area contributed by atoms with Crippen molar-refractivity contribution in [3.8, 4) is 0 Å². The number of phosphoric acid groups is 1. The van der Waals surface area contributed by atoms with Crippen LogP contribution in [0.5, 0.6) is 0 Å². The Morgan fingerprint density at radius 2 is 1.17 bits per heavy atom. The SMILES string of the molecule is CC(C)CC(C)CC(CC(C)C)OP(=O)(O)O.CCO.CCO.N. The maximum absolute atomic E-state index is 10.9. The Morgan fingerprint density at radius 3 is 1.42 bits per heavy atom. The Balaban J connectivity index is -0.000000248. The Morgan fingerprint density at radius 1 is 0.833 bits per heavy atom. The predicted molar refractivity (Wildman–Crippen MR) is 100 cm³/mol. The highest BCUT2D eigenvalue weighted by Gasteiger charge is 2.24. The van der Waals surface area contributed by atoms with Crippen molar-refractivity contribution in [3.05, 3.63) is 0 Å². The number of phosphoric ester groups is 1. The minimum atomic E-state index is -4.37. The van der Waals surface area contributed by atoms with Crippen LogP contribution in [0.15, 0.2) is 0 Å². The molecule has 0 aromatic carbocycles. The highest BCUT2D eigenvalue weighted by molar-refractivity contribution is 7.46. The normalized spacial score (nSPS) is 13.2. The summed E-state index contributed by atoms with van der Waals surface area (Å²) in [6.07, 6.45) is 2.11. The fraction of sp³-hybridized carbons (Fsp3) is 1.00. The maximum atomic E-state index is 10.9. The van der Waals surface area contributed by atoms with Gasteiger partial charge in [-0.3, -0.25) is 4.52 Å². The first-order valence-corrected chi connectivity index (χ1v) is 9.91. The van der Waals surface area contributed by atoms with Crippen LogP contribution in [0.25, 0.3) is 0 Å². The molecule has 0 heterocycles. The van der Waals surface area contributed by atoms with Crippen molar-refractivity contribution in [2.24, 2.45) is 17.8 Å². The van der Waals surface area contributed by atoms with E-state index < -0.39 is 7.82 Å². The summed E-state index contributed by atoms with van der Waals surface area (Å²) in [7, 11) is -4.37. The molecule has 0 aliphatic carbocycles. The summed E-state index contributed by atoms with van der Waals surface area (Å²) in [5, 5.41) is 15.1. The average Bonchev–Trinajstić information content (AvgIpc) is 2.25. The van der Waals surface area contributed by atoms with Gasteiger partial charge in [-0.2, -0.15) is 0 Å². The van der Waals surface area contributed by atoms with Crippen molar-refractivity contribution in [3.63, 3.8) is 0 Å². The molecule has 0 amide bonds. The van der Waals surface area contributed by atoms with Gasteiger partial charge in [0.2, 0.25) is 0 Å². The van der Waals surface area contributed by atoms with Gasteiger partial charge in [-0.1, -0.05) is 34.6 Å². The van der Waals surface area contributed by atoms with Crippen molar-refractivity contribution in [1.82, 2.24) is 6.15 Å². The summed E-state index contributed by atoms with van der Waals surface area (Å²) in [5.41, 5.74) is 0. The predicted octanol–water partition coefficient (Wildman–Crippen LogP) is 3.74. The van der Waals surface area contributed by atoms with Crippen LogP contribution in [-0.2, 0) is 9.09 Å². The van der Waals surface area contributed by atoms with Gasteiger partial charge in [0, 0.05) is 13.2 Å². The lowest BCUT2D eigenvalue weighted by atomic mass is 9.91. The van der Waals surface area contributed by atoms with Crippen LogP contribution in [0.3, 0.4) is 0 Å². The molecular formula is C16H42NO6P. The molecule has 0 rings (SSSR count). The van der Waals surface area contributed by atoms with Crippen LogP contribution < -0.4 is 6.15 Å². The van der Waals surface area contributed by atoms with E-state index in [2.05, 4.69) is 20.8 Å². The Labute approximate surface area is 148 Å². The van der Waals surface area contributed by atoms with E-state index in [-0.39, 0.29) is 25.5 Å². The van der Waals surface area contributed by atoms with Gasteiger partial charge in [-0.15, -0.1) is 0 Å². The van der Waals surface area contributed by atoms with E-state index in [0.717, 1.165) is 6.42 Å². The minimum Gasteiger partial charge on any atom is -0.397 e. The highest BCUT2D eigenvalue weighted by atomic mass is 31.2. The molecule has 7 N–H and O–H groups in total. The van der Waals surface area contributed by atoms with E-state index in [0.29, 0.717) is 30.6 Å². The summed E-state index contributed by atoms with van der Waals surface area (Å²) < 4.78 is 15.8. The van der Waals surface area contributed by atoms with Crippen molar-refractivity contribution in [2.75, 3.05) is 13.2 Å². The van der Waals surface area contributed by atoms with Crippen LogP contribution in [-0.4, -0.2) is 39.3 Å². The van der Waals surface area contributed by atoms with Gasteiger partial charge in [0.1, 0.15) is 0 Å². The average molecular weight is 375 g/mol. The number of aliphatic hydroxyl groups excluding tert-OH is 2. The molecule has 152 valence electrons. The zero-order chi connectivity index (χ0) is 19.1. The van der Waals surface area contributed by atoms with Crippen molar-refractivity contribution in [2.45, 2.75) is 73.8 Å². The van der Waals surface area contributed by atoms with Crippen LogP contribution in [0.4, 0.5) is 0 Å². The fourth-order valence-corrected chi connectivity index (χ4v) is 2.81. The lowest BCUT2D eigenvalue weighted by Crippen LogP contribution is -2.18. The second-order valence-corrected chi connectivity index (χ2v) is 7.64. The molecule has 0 aromatic heterocycles. The first-order chi connectivity index (χ1) is 10.4. The Kier molecular flexibility index (Phi) is 25.5. The Bertz CT molecular complexity index is 282. The molecule has 7 nitrogen and oxygen atoms in total. The number of rotatable bonds is 8. The molecule has 8 heteroatoms. The smallest absolute Gasteiger partial charge is 0.397 e. The van der Waals surface area contributed by atoms with E-state index in [9.17, 15) is 4.57 Å². The molecule has 0 aliphatic rings. The molecule has 24 heavy (non-hydrogen) atoms. The van der Waals surface area contributed by atoms with Crippen LogP contribution in [0, 0.1) is 17.8 Å². The van der Waals surface area contributed by atoms with Crippen LogP contribution in [0.1, 0.15) is 67.7 Å². The van der Waals surface area contributed by atoms with Crippen molar-refractivity contribution < 1.29 is 29.1 Å². The first kappa shape index (κ1) is 31.7. The summed E-state index contributed by atoms with van der Waals surface area (Å²) in [5.74, 6) is 1.39. The number of hydrogen-bond acceptors (Lipinski definition) is 5. The topological polar surface area (TPSA) is 142 Å². The molecule has 0 saturated carbocycles. The molecular weight excluding hydrogens is 333 g/mol. The summed E-state index contributed by atoms with van der Waals surface area (Å²) in [6.45, 7) is 14.3. The standard InChI is InChI=1S/C12H27O4P.2C2H6O.H3N/c1-9(2)6-11(5)8-12(7-10(3)4)16-17(13,14)15;2*1-2-3;/h9-12H,6-8H2,1-5H3,(H2,13,14,15);2*3H,2H2,1H3;1H3. The quantitative estimate of drug-likeness (QED) is 0.407. The zero-order valence-electron chi connectivity index (χ0n) is 16.6. The van der Waals surface area contributed by atoms with Gasteiger partial charge in [0.05, 0.1) is 6.10 Å². The Hall–Kier alpha value is -0.0100. The first-order valence-electron chi connectivity index (χ1n) is 8.38. The lowest BCUT2D eigenvalue weighted by Gasteiger charge is -2.24. The van der Waals surface area contributed by atoms with Crippen molar-refractivity contribution in [1.29, 1.82) is 0 Å². The third-order valence-corrected chi connectivity index (χ3v) is 3.13. The maximum Gasteiger partial charge on any atom is 0.469 e. The van der Waals surface area contributed by atoms with E-state index in [1.165, 1.54) is 0 Å². The molecule has 0 saturated heterocycles. The zero-order valence-corrected chi connectivity index (χ0v) is 17.5. The molecule has 2 atom stereocenters. The van der Waals surface area contributed by atoms with Crippen molar-refractivity contribution >= 4 is 7.82 Å². The monoisotopic (exact) mass is 375 g/mol. The summed E-state index contributed by atoms with van der Waals surface area (Å²) in [4.78, 5) is 17.8. The van der Waals surface area contributed by atoms with E-state index in [4.69, 9.17) is 24.5 Å². The molecule has 0 fully saturated rings. The third-order valence-electron chi connectivity index (χ3n) is 2.56. The van der Waals surface area contributed by atoms with Gasteiger partial charge in [0.25, 0.3) is 0 Å². The molecule has 2 unspecified atom stereocenters. The molecule has 0 bridgehead atoms. The van der Waals surface area contributed by atoms with E-state index in [1.807, 2.05) is 13.8 Å². The number of hydrogen-bond donors (Lipinski definition) is 5. The van der Waals surface area contributed by atoms with Gasteiger partial charge >= 0.3 is 7.82 Å². The largest absolute Gasteiger partial charge is 0.469 e. The van der Waals surface area contributed by atoms with Gasteiger partial charge in [-0.25, -0.2) is 4.57 Å². The number of aliphatic hydroxyl groups is 2. The highest BCUT2D eigenvalue weighted by Crippen LogP contribution is 2.40. The van der Waals surface area contributed by atoms with Gasteiger partial charge < -0.3 is 26.2 Å². The molecule has 0 aliphatic heterocycles. The summed E-state index contributed by atoms with van der Waals surface area (Å²) in [6, 6.07) is 0. The lowest BCUT2D eigenvalue weighted by molar-refractivity contribution is 0.0962. The second kappa shape index (κ2) is 19.3. The molecule has 0 radical (unpaired) electrons. The van der Waals surface area contributed by atoms with Gasteiger partial charge in [0.15, 0.2) is 0 Å². The molecule has 0 spiro atoms. The second-order valence-electron chi connectivity index (χ2n) is 6.45.